The van der Waals surface area contributed by atoms with E-state index in [9.17, 15) is 4.79 Å². The van der Waals surface area contributed by atoms with Gasteiger partial charge in [-0.05, 0) is 64.0 Å². The van der Waals surface area contributed by atoms with Crippen LogP contribution in [-0.4, -0.2) is 32.8 Å². The Kier molecular flexibility index (Phi) is 6.08. The van der Waals surface area contributed by atoms with Crippen LogP contribution in [0.1, 0.15) is 15.9 Å². The van der Waals surface area contributed by atoms with Gasteiger partial charge in [0.2, 0.25) is 0 Å². The van der Waals surface area contributed by atoms with Gasteiger partial charge in [-0.2, -0.15) is 5.10 Å². The summed E-state index contributed by atoms with van der Waals surface area (Å²) in [5.41, 5.74) is 3.98. The van der Waals surface area contributed by atoms with Crippen LogP contribution in [-0.2, 0) is 6.54 Å². The van der Waals surface area contributed by atoms with Crippen LogP contribution in [0.3, 0.4) is 0 Å². The van der Waals surface area contributed by atoms with Crippen LogP contribution in [0.4, 0.5) is 5.82 Å². The van der Waals surface area contributed by atoms with Crippen LogP contribution < -0.4 is 10.1 Å². The number of hydrogen-bond acceptors (Lipinski definition) is 4. The largest absolute Gasteiger partial charge is 0.497 e. The fourth-order valence-electron chi connectivity index (χ4n) is 3.59. The van der Waals surface area contributed by atoms with Crippen molar-refractivity contribution in [2.45, 2.75) is 6.54 Å². The maximum absolute atomic E-state index is 12.8. The van der Waals surface area contributed by atoms with E-state index < -0.39 is 0 Å². The molecule has 2 aromatic heterocycles. The molecule has 170 valence electrons. The highest BCUT2D eigenvalue weighted by Crippen LogP contribution is 2.26. The van der Waals surface area contributed by atoms with E-state index in [1.807, 2.05) is 53.2 Å². The summed E-state index contributed by atoms with van der Waals surface area (Å²) in [4.78, 5) is 20.9. The van der Waals surface area contributed by atoms with Crippen LogP contribution in [0.15, 0.2) is 77.3 Å². The average Bonchev–Trinajstić information content (AvgIpc) is 3.45. The van der Waals surface area contributed by atoms with E-state index >= 15 is 0 Å². The molecule has 7 nitrogen and oxygen atoms in total. The Morgan fingerprint density at radius 3 is 2.65 bits per heavy atom. The number of aromatic amines is 1. The monoisotopic (exact) mass is 535 g/mol. The van der Waals surface area contributed by atoms with E-state index in [0.717, 1.165) is 32.5 Å². The Morgan fingerprint density at radius 1 is 1.12 bits per heavy atom. The van der Waals surface area contributed by atoms with Crippen LogP contribution in [0, 0.1) is 0 Å². The zero-order chi connectivity index (χ0) is 23.7. The van der Waals surface area contributed by atoms with Crippen molar-refractivity contribution < 1.29 is 9.53 Å². The van der Waals surface area contributed by atoms with E-state index in [4.69, 9.17) is 21.3 Å². The van der Waals surface area contributed by atoms with Gasteiger partial charge in [-0.3, -0.25) is 9.48 Å². The van der Waals surface area contributed by atoms with Crippen LogP contribution >= 0.6 is 27.5 Å². The molecular formula is C25H19BrClN5O2. The lowest BCUT2D eigenvalue weighted by Gasteiger charge is -2.07. The lowest BCUT2D eigenvalue weighted by Crippen LogP contribution is -2.13. The molecular weight excluding hydrogens is 518 g/mol. The normalized spacial score (nSPS) is 11.0. The topological polar surface area (TPSA) is 84.8 Å². The van der Waals surface area contributed by atoms with Crippen molar-refractivity contribution in [3.63, 3.8) is 0 Å². The summed E-state index contributed by atoms with van der Waals surface area (Å²) < 4.78 is 7.79. The van der Waals surface area contributed by atoms with Gasteiger partial charge in [-0.15, -0.1) is 0 Å². The second-order valence-electron chi connectivity index (χ2n) is 7.61. The van der Waals surface area contributed by atoms with Gasteiger partial charge in [-0.25, -0.2) is 4.98 Å². The van der Waals surface area contributed by atoms with Gasteiger partial charge in [0.15, 0.2) is 11.6 Å². The number of para-hydroxylation sites is 2. The first-order chi connectivity index (χ1) is 16.5. The van der Waals surface area contributed by atoms with Crippen molar-refractivity contribution in [2.75, 3.05) is 12.4 Å². The summed E-state index contributed by atoms with van der Waals surface area (Å²) in [6.07, 6.45) is 0. The Morgan fingerprint density at radius 2 is 1.91 bits per heavy atom. The van der Waals surface area contributed by atoms with Gasteiger partial charge < -0.3 is 15.0 Å². The van der Waals surface area contributed by atoms with E-state index in [0.29, 0.717) is 28.8 Å². The summed E-state index contributed by atoms with van der Waals surface area (Å²) in [5, 5.41) is 7.98. The number of rotatable bonds is 6. The number of benzene rings is 3. The minimum atomic E-state index is -0.306. The molecule has 5 rings (SSSR count). The number of H-pyrrole nitrogens is 1. The fourth-order valence-corrected chi connectivity index (χ4v) is 4.02. The number of methoxy groups -OCH3 is 1. The first kappa shape index (κ1) is 22.2. The molecule has 0 spiro atoms. The minimum absolute atomic E-state index is 0.306. The van der Waals surface area contributed by atoms with Gasteiger partial charge >= 0.3 is 0 Å². The predicted molar refractivity (Wildman–Crippen MR) is 137 cm³/mol. The Labute approximate surface area is 208 Å². The number of amides is 1. The molecule has 0 saturated heterocycles. The number of fused-ring (bicyclic) bond motifs is 1. The molecule has 0 fully saturated rings. The van der Waals surface area contributed by atoms with Crippen molar-refractivity contribution in [1.82, 2.24) is 19.7 Å². The molecule has 2 N–H and O–H groups in total. The number of imidazole rings is 1. The molecule has 0 aliphatic rings. The molecule has 0 bridgehead atoms. The fraction of sp³-hybridized carbons (Fsp3) is 0.0800. The van der Waals surface area contributed by atoms with Gasteiger partial charge in [0.25, 0.3) is 5.91 Å². The van der Waals surface area contributed by atoms with Crippen LogP contribution in [0.2, 0.25) is 5.02 Å². The maximum atomic E-state index is 12.8. The number of halogens is 2. The molecule has 9 heteroatoms. The highest BCUT2D eigenvalue weighted by Gasteiger charge is 2.17. The number of ether oxygens (including phenoxy) is 1. The Balaban J connectivity index is 1.50. The summed E-state index contributed by atoms with van der Waals surface area (Å²) in [6.45, 7) is 0.482. The number of nitrogens with zero attached hydrogens (tertiary/aromatic N) is 3. The highest BCUT2D eigenvalue weighted by atomic mass is 79.9. The molecule has 5 aromatic rings. The molecule has 0 aliphatic heterocycles. The molecule has 0 radical (unpaired) electrons. The lowest BCUT2D eigenvalue weighted by molar-refractivity contribution is 0.102. The molecule has 34 heavy (non-hydrogen) atoms. The van der Waals surface area contributed by atoms with Crippen LogP contribution in [0.5, 0.6) is 5.75 Å². The predicted octanol–water partition coefficient (Wildman–Crippen LogP) is 6.15. The Bertz CT molecular complexity index is 1460. The Hall–Kier alpha value is -3.62. The molecule has 0 saturated carbocycles. The first-order valence-electron chi connectivity index (χ1n) is 10.4. The molecule has 0 atom stereocenters. The summed E-state index contributed by atoms with van der Waals surface area (Å²) in [5.74, 6) is 1.55. The third-order valence-corrected chi connectivity index (χ3v) is 6.56. The molecule has 2 heterocycles. The quantitative estimate of drug-likeness (QED) is 0.272. The summed E-state index contributed by atoms with van der Waals surface area (Å²) in [6, 6.07) is 22.4. The number of anilines is 1. The number of carbonyl (C=O) groups excluding carboxylic acids is 1. The zero-order valence-corrected chi connectivity index (χ0v) is 20.4. The smallest absolute Gasteiger partial charge is 0.256 e. The number of hydrogen-bond donors (Lipinski definition) is 2. The van der Waals surface area contributed by atoms with E-state index in [-0.39, 0.29) is 5.91 Å². The van der Waals surface area contributed by atoms with Gasteiger partial charge in [0.1, 0.15) is 11.4 Å². The average molecular weight is 537 g/mol. The molecule has 3 aromatic carbocycles. The van der Waals surface area contributed by atoms with Crippen molar-refractivity contribution in [1.29, 1.82) is 0 Å². The van der Waals surface area contributed by atoms with Gasteiger partial charge in [0, 0.05) is 16.1 Å². The van der Waals surface area contributed by atoms with Crippen LogP contribution in [0.25, 0.3) is 22.6 Å². The second-order valence-corrected chi connectivity index (χ2v) is 8.87. The SMILES string of the molecule is COc1ccc(Cn2nc(NC(=O)c3ccc(Br)c(Cl)c3)cc2-c2nc3ccccc3[nH]2)cc1. The zero-order valence-electron chi connectivity index (χ0n) is 18.0. The van der Waals surface area contributed by atoms with E-state index in [2.05, 4.69) is 31.3 Å². The molecule has 0 unspecified atom stereocenters. The lowest BCUT2D eigenvalue weighted by atomic mass is 10.2. The molecule has 0 aliphatic carbocycles. The summed E-state index contributed by atoms with van der Waals surface area (Å²) in [7, 11) is 1.63. The maximum Gasteiger partial charge on any atom is 0.256 e. The summed E-state index contributed by atoms with van der Waals surface area (Å²) >= 11 is 9.49. The number of aromatic nitrogens is 4. The van der Waals surface area contributed by atoms with Crippen molar-refractivity contribution >= 4 is 50.3 Å². The van der Waals surface area contributed by atoms with E-state index in [1.165, 1.54) is 0 Å². The third-order valence-electron chi connectivity index (χ3n) is 5.33. The number of nitrogens with one attached hydrogen (secondary N) is 2. The van der Waals surface area contributed by atoms with Crippen molar-refractivity contribution in [2.24, 2.45) is 0 Å². The first-order valence-corrected chi connectivity index (χ1v) is 11.6. The third kappa shape index (κ3) is 4.55. The minimum Gasteiger partial charge on any atom is -0.497 e. The standard InChI is InChI=1S/C25H19BrClN5O2/c1-34-17-9-6-15(7-10-17)14-32-22(24-28-20-4-2-3-5-21(20)29-24)13-23(31-32)30-25(33)16-8-11-18(26)19(27)12-16/h2-13H,14H2,1H3,(H,28,29)(H,30,31,33). The van der Waals surface area contributed by atoms with Crippen molar-refractivity contribution in [3.8, 4) is 17.3 Å². The number of carbonyl (C=O) groups is 1. The van der Waals surface area contributed by atoms with Crippen molar-refractivity contribution in [3.05, 3.63) is 93.4 Å². The molecule has 1 amide bonds. The van der Waals surface area contributed by atoms with E-state index in [1.54, 1.807) is 31.4 Å². The van der Waals surface area contributed by atoms with Gasteiger partial charge in [0.05, 0.1) is 29.7 Å². The highest BCUT2D eigenvalue weighted by molar-refractivity contribution is 9.10. The van der Waals surface area contributed by atoms with Gasteiger partial charge in [-0.1, -0.05) is 35.9 Å². The second kappa shape index (κ2) is 9.32.